The number of carbonyl (C=O) groups excluding carboxylic acids is 1. The number of rotatable bonds is 4. The molecule has 0 aliphatic rings. The first-order valence-electron chi connectivity index (χ1n) is 6.77. The van der Waals surface area contributed by atoms with Crippen molar-refractivity contribution in [3.8, 4) is 5.75 Å². The number of anilines is 1. The third-order valence-electron chi connectivity index (χ3n) is 3.48. The molecule has 0 radical (unpaired) electrons. The number of aryl methyl sites for hydroxylation is 3. The Hall–Kier alpha value is -2.49. The lowest BCUT2D eigenvalue weighted by Gasteiger charge is -2.14. The SMILES string of the molecule is Cc1cc(C(N)=O)ccc1COc1c(C)cc(N)cc1C. The maximum Gasteiger partial charge on any atom is 0.248 e. The zero-order valence-corrected chi connectivity index (χ0v) is 12.6. The van der Waals surface area contributed by atoms with Gasteiger partial charge in [-0.1, -0.05) is 6.07 Å². The minimum atomic E-state index is -0.421. The lowest BCUT2D eigenvalue weighted by Crippen LogP contribution is -2.11. The molecule has 0 saturated carbocycles. The largest absolute Gasteiger partial charge is 0.488 e. The molecule has 2 aromatic carbocycles. The van der Waals surface area contributed by atoms with Crippen LogP contribution in [0, 0.1) is 20.8 Å². The van der Waals surface area contributed by atoms with Gasteiger partial charge in [0.05, 0.1) is 0 Å². The zero-order valence-electron chi connectivity index (χ0n) is 12.6. The number of nitrogens with two attached hydrogens (primary N) is 2. The van der Waals surface area contributed by atoms with E-state index < -0.39 is 5.91 Å². The maximum absolute atomic E-state index is 11.1. The van der Waals surface area contributed by atoms with Gasteiger partial charge in [0, 0.05) is 11.3 Å². The lowest BCUT2D eigenvalue weighted by molar-refractivity contribution is 0.1000. The molecule has 4 nitrogen and oxygen atoms in total. The highest BCUT2D eigenvalue weighted by atomic mass is 16.5. The van der Waals surface area contributed by atoms with E-state index in [1.165, 1.54) is 0 Å². The average Bonchev–Trinajstić information content (AvgIpc) is 2.38. The van der Waals surface area contributed by atoms with E-state index in [0.29, 0.717) is 12.2 Å². The summed E-state index contributed by atoms with van der Waals surface area (Å²) < 4.78 is 5.92. The molecule has 21 heavy (non-hydrogen) atoms. The highest BCUT2D eigenvalue weighted by molar-refractivity contribution is 5.93. The molecule has 1 amide bonds. The average molecular weight is 284 g/mol. The van der Waals surface area contributed by atoms with Gasteiger partial charge in [0.15, 0.2) is 0 Å². The van der Waals surface area contributed by atoms with Gasteiger partial charge in [0.1, 0.15) is 12.4 Å². The van der Waals surface area contributed by atoms with Gasteiger partial charge in [-0.15, -0.1) is 0 Å². The summed E-state index contributed by atoms with van der Waals surface area (Å²) in [6.07, 6.45) is 0. The van der Waals surface area contributed by atoms with E-state index >= 15 is 0 Å². The minimum Gasteiger partial charge on any atom is -0.488 e. The Labute approximate surface area is 124 Å². The Kier molecular flexibility index (Phi) is 4.17. The molecular weight excluding hydrogens is 264 g/mol. The van der Waals surface area contributed by atoms with E-state index in [9.17, 15) is 4.79 Å². The van der Waals surface area contributed by atoms with Crippen molar-refractivity contribution in [1.29, 1.82) is 0 Å². The monoisotopic (exact) mass is 284 g/mol. The fourth-order valence-electron chi connectivity index (χ4n) is 2.37. The standard InChI is InChI=1S/C17H20N2O2/c1-10-6-13(17(19)20)4-5-14(10)9-21-16-11(2)7-15(18)8-12(16)3/h4-8H,9,18H2,1-3H3,(H2,19,20). The number of amides is 1. The van der Waals surface area contributed by atoms with Crippen molar-refractivity contribution < 1.29 is 9.53 Å². The number of benzene rings is 2. The van der Waals surface area contributed by atoms with Gasteiger partial charge in [-0.25, -0.2) is 0 Å². The molecule has 0 spiro atoms. The first-order chi connectivity index (χ1) is 9.88. The van der Waals surface area contributed by atoms with Crippen LogP contribution in [0.1, 0.15) is 32.6 Å². The Morgan fingerprint density at radius 1 is 1.05 bits per heavy atom. The van der Waals surface area contributed by atoms with Gasteiger partial charge in [-0.2, -0.15) is 0 Å². The molecule has 4 heteroatoms. The first kappa shape index (κ1) is 14.9. The molecule has 110 valence electrons. The second kappa shape index (κ2) is 5.87. The smallest absolute Gasteiger partial charge is 0.248 e. The Morgan fingerprint density at radius 3 is 2.19 bits per heavy atom. The lowest BCUT2D eigenvalue weighted by atomic mass is 10.1. The van der Waals surface area contributed by atoms with E-state index in [4.69, 9.17) is 16.2 Å². The summed E-state index contributed by atoms with van der Waals surface area (Å²) in [5, 5.41) is 0. The van der Waals surface area contributed by atoms with Gasteiger partial charge < -0.3 is 16.2 Å². The molecule has 0 atom stereocenters. The maximum atomic E-state index is 11.1. The highest BCUT2D eigenvalue weighted by Crippen LogP contribution is 2.27. The topological polar surface area (TPSA) is 78.3 Å². The van der Waals surface area contributed by atoms with Crippen LogP contribution in [0.15, 0.2) is 30.3 Å². The predicted octanol–water partition coefficient (Wildman–Crippen LogP) is 2.87. The zero-order chi connectivity index (χ0) is 15.6. The molecule has 4 N–H and O–H groups in total. The minimum absolute atomic E-state index is 0.421. The molecule has 0 heterocycles. The molecule has 0 aliphatic heterocycles. The number of nitrogen functional groups attached to an aromatic ring is 1. The van der Waals surface area contributed by atoms with E-state index in [1.807, 2.05) is 39.0 Å². The highest BCUT2D eigenvalue weighted by Gasteiger charge is 2.08. The molecule has 0 bridgehead atoms. The Balaban J connectivity index is 2.19. The van der Waals surface area contributed by atoms with E-state index in [2.05, 4.69) is 0 Å². The van der Waals surface area contributed by atoms with Crippen LogP contribution in [0.3, 0.4) is 0 Å². The van der Waals surface area contributed by atoms with Crippen LogP contribution in [-0.2, 0) is 6.61 Å². The van der Waals surface area contributed by atoms with Crippen molar-refractivity contribution in [1.82, 2.24) is 0 Å². The van der Waals surface area contributed by atoms with Gasteiger partial charge >= 0.3 is 0 Å². The van der Waals surface area contributed by atoms with Crippen molar-refractivity contribution in [2.45, 2.75) is 27.4 Å². The summed E-state index contributed by atoms with van der Waals surface area (Å²) in [6, 6.07) is 9.16. The molecule has 0 aliphatic carbocycles. The summed E-state index contributed by atoms with van der Waals surface area (Å²) in [5.74, 6) is 0.429. The number of hydrogen-bond acceptors (Lipinski definition) is 3. The van der Waals surface area contributed by atoms with Crippen molar-refractivity contribution >= 4 is 11.6 Å². The second-order valence-electron chi connectivity index (χ2n) is 5.28. The molecule has 0 saturated heterocycles. The van der Waals surface area contributed by atoms with Crippen molar-refractivity contribution in [2.24, 2.45) is 5.73 Å². The summed E-state index contributed by atoms with van der Waals surface area (Å²) in [5.41, 5.74) is 16.4. The number of primary amides is 1. The Morgan fingerprint density at radius 2 is 1.67 bits per heavy atom. The number of ether oxygens (including phenoxy) is 1. The molecule has 2 rings (SSSR count). The number of carbonyl (C=O) groups is 1. The van der Waals surface area contributed by atoms with Crippen LogP contribution < -0.4 is 16.2 Å². The molecule has 0 unspecified atom stereocenters. The van der Waals surface area contributed by atoms with Crippen LogP contribution >= 0.6 is 0 Å². The summed E-state index contributed by atoms with van der Waals surface area (Å²) in [4.78, 5) is 11.1. The van der Waals surface area contributed by atoms with Crippen LogP contribution in [0.4, 0.5) is 5.69 Å². The second-order valence-corrected chi connectivity index (χ2v) is 5.28. The van der Waals surface area contributed by atoms with Crippen LogP contribution in [-0.4, -0.2) is 5.91 Å². The molecular formula is C17H20N2O2. The molecule has 2 aromatic rings. The van der Waals surface area contributed by atoms with Crippen LogP contribution in [0.2, 0.25) is 0 Å². The van der Waals surface area contributed by atoms with Crippen LogP contribution in [0.5, 0.6) is 5.75 Å². The summed E-state index contributed by atoms with van der Waals surface area (Å²) in [6.45, 7) is 6.33. The fraction of sp³-hybridized carbons (Fsp3) is 0.235. The van der Waals surface area contributed by atoms with E-state index in [-0.39, 0.29) is 0 Å². The summed E-state index contributed by atoms with van der Waals surface area (Å²) in [7, 11) is 0. The van der Waals surface area contributed by atoms with E-state index in [1.54, 1.807) is 12.1 Å². The van der Waals surface area contributed by atoms with Crippen molar-refractivity contribution in [2.75, 3.05) is 5.73 Å². The van der Waals surface area contributed by atoms with Gasteiger partial charge in [0.25, 0.3) is 0 Å². The summed E-state index contributed by atoms with van der Waals surface area (Å²) >= 11 is 0. The van der Waals surface area contributed by atoms with Gasteiger partial charge in [-0.05, 0) is 67.3 Å². The van der Waals surface area contributed by atoms with Gasteiger partial charge in [-0.3, -0.25) is 4.79 Å². The van der Waals surface area contributed by atoms with Crippen molar-refractivity contribution in [3.05, 3.63) is 58.1 Å². The third kappa shape index (κ3) is 3.34. The molecule has 0 fully saturated rings. The third-order valence-corrected chi connectivity index (χ3v) is 3.48. The normalized spacial score (nSPS) is 10.4. The quantitative estimate of drug-likeness (QED) is 0.847. The van der Waals surface area contributed by atoms with Crippen LogP contribution in [0.25, 0.3) is 0 Å². The Bertz CT molecular complexity index is 670. The predicted molar refractivity (Wildman–Crippen MR) is 84.4 cm³/mol. The van der Waals surface area contributed by atoms with Crippen molar-refractivity contribution in [3.63, 3.8) is 0 Å². The van der Waals surface area contributed by atoms with Gasteiger partial charge in [0.2, 0.25) is 5.91 Å². The molecule has 0 aromatic heterocycles. The van der Waals surface area contributed by atoms with E-state index in [0.717, 1.165) is 33.7 Å². The number of hydrogen-bond donors (Lipinski definition) is 2. The first-order valence-corrected chi connectivity index (χ1v) is 6.77. The fourth-order valence-corrected chi connectivity index (χ4v) is 2.37.